The largest absolute Gasteiger partial charge is 0.481 e. The van der Waals surface area contributed by atoms with Crippen LogP contribution in [-0.2, 0) is 14.3 Å². The van der Waals surface area contributed by atoms with E-state index in [0.29, 0.717) is 19.0 Å². The van der Waals surface area contributed by atoms with Gasteiger partial charge in [-0.15, -0.1) is 6.58 Å². The van der Waals surface area contributed by atoms with Crippen LogP contribution in [0.1, 0.15) is 53.4 Å². The second-order valence-corrected chi connectivity index (χ2v) is 5.20. The van der Waals surface area contributed by atoms with E-state index in [4.69, 9.17) is 5.11 Å². The standard InChI is InChI=1S/C11H20O2.C4H8O2/c1-10(2)5-4-6-11(3)7-8-13-9-12;1-3(2)4(5)6/h9,11H,1,4-8H2,2-3H3;3H,1-2H3,(H,5,6). The van der Waals surface area contributed by atoms with Gasteiger partial charge in [0.25, 0.3) is 6.47 Å². The molecule has 0 heterocycles. The van der Waals surface area contributed by atoms with Gasteiger partial charge in [-0.3, -0.25) is 9.59 Å². The van der Waals surface area contributed by atoms with Crippen molar-refractivity contribution in [3.8, 4) is 0 Å². The molecule has 0 aliphatic carbocycles. The molecule has 0 rings (SSSR count). The molecule has 0 amide bonds. The molecule has 1 N–H and O–H groups in total. The minimum Gasteiger partial charge on any atom is -0.481 e. The lowest BCUT2D eigenvalue weighted by Gasteiger charge is -2.09. The summed E-state index contributed by atoms with van der Waals surface area (Å²) >= 11 is 0. The second-order valence-electron chi connectivity index (χ2n) is 5.20. The van der Waals surface area contributed by atoms with Crippen molar-refractivity contribution in [3.05, 3.63) is 12.2 Å². The number of ether oxygens (including phenoxy) is 1. The van der Waals surface area contributed by atoms with E-state index < -0.39 is 5.97 Å². The second kappa shape index (κ2) is 13.1. The molecule has 0 aromatic carbocycles. The molecule has 1 unspecified atom stereocenters. The Bertz CT molecular complexity index is 259. The molecule has 1 atom stereocenters. The highest BCUT2D eigenvalue weighted by atomic mass is 16.5. The molecule has 4 heteroatoms. The number of hydrogen-bond acceptors (Lipinski definition) is 3. The van der Waals surface area contributed by atoms with Crippen LogP contribution >= 0.6 is 0 Å². The van der Waals surface area contributed by atoms with Gasteiger partial charge in [-0.2, -0.15) is 0 Å². The van der Waals surface area contributed by atoms with Gasteiger partial charge in [-0.05, 0) is 32.1 Å². The lowest BCUT2D eigenvalue weighted by molar-refractivity contribution is -0.140. The number of hydrogen-bond donors (Lipinski definition) is 1. The van der Waals surface area contributed by atoms with Crippen LogP contribution in [0.15, 0.2) is 12.2 Å². The van der Waals surface area contributed by atoms with Gasteiger partial charge in [0.05, 0.1) is 12.5 Å². The molecule has 112 valence electrons. The number of carbonyl (C=O) groups is 2. The Labute approximate surface area is 116 Å². The fourth-order valence-electron chi connectivity index (χ4n) is 1.21. The van der Waals surface area contributed by atoms with E-state index in [2.05, 4.69) is 25.2 Å². The van der Waals surface area contributed by atoms with Gasteiger partial charge in [-0.1, -0.05) is 32.8 Å². The van der Waals surface area contributed by atoms with Gasteiger partial charge in [-0.25, -0.2) is 0 Å². The summed E-state index contributed by atoms with van der Waals surface area (Å²) in [4.78, 5) is 19.6. The first-order valence-corrected chi connectivity index (χ1v) is 6.73. The summed E-state index contributed by atoms with van der Waals surface area (Å²) in [6.07, 6.45) is 4.46. The van der Waals surface area contributed by atoms with E-state index in [1.54, 1.807) is 13.8 Å². The summed E-state index contributed by atoms with van der Waals surface area (Å²) in [7, 11) is 0. The van der Waals surface area contributed by atoms with E-state index in [0.717, 1.165) is 12.8 Å². The molecule has 0 aliphatic heterocycles. The van der Waals surface area contributed by atoms with Crippen molar-refractivity contribution in [3.63, 3.8) is 0 Å². The van der Waals surface area contributed by atoms with Crippen molar-refractivity contribution in [2.75, 3.05) is 6.61 Å². The smallest absolute Gasteiger partial charge is 0.305 e. The molecule has 0 aromatic rings. The Kier molecular flexibility index (Phi) is 13.8. The highest BCUT2D eigenvalue weighted by Crippen LogP contribution is 2.13. The van der Waals surface area contributed by atoms with Crippen molar-refractivity contribution in [2.45, 2.75) is 53.4 Å². The third-order valence-corrected chi connectivity index (χ3v) is 2.59. The Morgan fingerprint density at radius 2 is 1.84 bits per heavy atom. The van der Waals surface area contributed by atoms with E-state index in [1.807, 2.05) is 0 Å². The minimum atomic E-state index is -0.741. The lowest BCUT2D eigenvalue weighted by atomic mass is 9.99. The number of aliphatic carboxylic acids is 1. The quantitative estimate of drug-likeness (QED) is 0.395. The zero-order valence-corrected chi connectivity index (χ0v) is 12.6. The van der Waals surface area contributed by atoms with Crippen LogP contribution in [0.25, 0.3) is 0 Å². The maximum atomic E-state index is 9.86. The van der Waals surface area contributed by atoms with E-state index >= 15 is 0 Å². The van der Waals surface area contributed by atoms with Crippen LogP contribution in [0.4, 0.5) is 0 Å². The fraction of sp³-hybridized carbons (Fsp3) is 0.733. The van der Waals surface area contributed by atoms with Crippen molar-refractivity contribution >= 4 is 12.4 Å². The summed E-state index contributed by atoms with van der Waals surface area (Å²) in [6, 6.07) is 0. The summed E-state index contributed by atoms with van der Waals surface area (Å²) in [5.41, 5.74) is 1.25. The molecule has 19 heavy (non-hydrogen) atoms. The van der Waals surface area contributed by atoms with Crippen LogP contribution < -0.4 is 0 Å². The average molecular weight is 272 g/mol. The van der Waals surface area contributed by atoms with E-state index in [-0.39, 0.29) is 5.92 Å². The third-order valence-electron chi connectivity index (χ3n) is 2.59. The summed E-state index contributed by atoms with van der Waals surface area (Å²) in [5, 5.41) is 7.99. The van der Waals surface area contributed by atoms with Gasteiger partial charge >= 0.3 is 5.97 Å². The normalized spacial score (nSPS) is 11.2. The number of carboxylic acids is 1. The first-order valence-electron chi connectivity index (χ1n) is 6.73. The fourth-order valence-corrected chi connectivity index (χ4v) is 1.21. The van der Waals surface area contributed by atoms with Crippen molar-refractivity contribution in [1.29, 1.82) is 0 Å². The highest BCUT2D eigenvalue weighted by Gasteiger charge is 2.01. The lowest BCUT2D eigenvalue weighted by Crippen LogP contribution is -2.03. The summed E-state index contributed by atoms with van der Waals surface area (Å²) < 4.78 is 4.63. The topological polar surface area (TPSA) is 63.6 Å². The molecule has 0 fully saturated rings. The number of rotatable bonds is 9. The first-order chi connectivity index (χ1) is 8.81. The van der Waals surface area contributed by atoms with Crippen LogP contribution in [-0.4, -0.2) is 24.2 Å². The van der Waals surface area contributed by atoms with E-state index in [1.165, 1.54) is 18.4 Å². The van der Waals surface area contributed by atoms with Crippen LogP contribution in [0.3, 0.4) is 0 Å². The molecule has 0 saturated carbocycles. The molecule has 0 radical (unpaired) electrons. The van der Waals surface area contributed by atoms with Gasteiger partial charge in [0.2, 0.25) is 0 Å². The Morgan fingerprint density at radius 3 is 2.21 bits per heavy atom. The number of carboxylic acid groups (broad SMARTS) is 1. The zero-order valence-electron chi connectivity index (χ0n) is 12.6. The molecule has 0 spiro atoms. The molecule has 0 aliphatic rings. The third kappa shape index (κ3) is 19.2. The van der Waals surface area contributed by atoms with Gasteiger partial charge in [0.1, 0.15) is 0 Å². The molecule has 0 bridgehead atoms. The first kappa shape index (κ1) is 20.0. The molecule has 0 aromatic heterocycles. The van der Waals surface area contributed by atoms with Crippen molar-refractivity contribution in [1.82, 2.24) is 0 Å². The zero-order chi connectivity index (χ0) is 15.3. The van der Waals surface area contributed by atoms with Gasteiger partial charge in [0, 0.05) is 0 Å². The monoisotopic (exact) mass is 272 g/mol. The molecular formula is C15H28O4. The molecular weight excluding hydrogens is 244 g/mol. The molecule has 4 nitrogen and oxygen atoms in total. The maximum Gasteiger partial charge on any atom is 0.305 e. The minimum absolute atomic E-state index is 0.231. The predicted octanol–water partition coefficient (Wildman–Crippen LogP) is 3.66. The average Bonchev–Trinajstić information content (AvgIpc) is 2.29. The van der Waals surface area contributed by atoms with Crippen LogP contribution in [0.5, 0.6) is 0 Å². The maximum absolute atomic E-state index is 9.86. The van der Waals surface area contributed by atoms with E-state index in [9.17, 15) is 9.59 Å². The van der Waals surface area contributed by atoms with Crippen molar-refractivity contribution < 1.29 is 19.4 Å². The van der Waals surface area contributed by atoms with Crippen LogP contribution in [0.2, 0.25) is 0 Å². The molecule has 0 saturated heterocycles. The summed E-state index contributed by atoms with van der Waals surface area (Å²) in [6.45, 7) is 12.4. The summed E-state index contributed by atoms with van der Waals surface area (Å²) in [5.74, 6) is -0.334. The predicted molar refractivity (Wildman–Crippen MR) is 76.9 cm³/mol. The van der Waals surface area contributed by atoms with Gasteiger partial charge in [0.15, 0.2) is 0 Å². The Morgan fingerprint density at radius 1 is 1.32 bits per heavy atom. The number of allylic oxidation sites excluding steroid dienone is 1. The number of carbonyl (C=O) groups excluding carboxylic acids is 1. The van der Waals surface area contributed by atoms with Crippen molar-refractivity contribution in [2.24, 2.45) is 11.8 Å². The van der Waals surface area contributed by atoms with Gasteiger partial charge < -0.3 is 9.84 Å². The highest BCUT2D eigenvalue weighted by molar-refractivity contribution is 5.68. The van der Waals surface area contributed by atoms with Crippen LogP contribution in [0, 0.1) is 11.8 Å². The SMILES string of the molecule is C=C(C)CCCC(C)CCOC=O.CC(C)C(=O)O. The Hall–Kier alpha value is -1.32. The Balaban J connectivity index is 0.